The molecular formula is C79H153NO5. The average Bonchev–Trinajstić information content (AvgIpc) is 3.52. The summed E-state index contributed by atoms with van der Waals surface area (Å²) < 4.78 is 5.50. The normalized spacial score (nSPS) is 12.6. The highest BCUT2D eigenvalue weighted by Gasteiger charge is 2.20. The number of rotatable bonds is 74. The minimum Gasteiger partial charge on any atom is -0.466 e. The predicted molar refractivity (Wildman–Crippen MR) is 375 cm³/mol. The van der Waals surface area contributed by atoms with Crippen molar-refractivity contribution in [3.8, 4) is 0 Å². The van der Waals surface area contributed by atoms with Crippen LogP contribution in [-0.4, -0.2) is 47.4 Å². The van der Waals surface area contributed by atoms with E-state index in [-0.39, 0.29) is 18.5 Å². The van der Waals surface area contributed by atoms with Crippen molar-refractivity contribution in [2.24, 2.45) is 0 Å². The number of carbonyl (C=O) groups is 2. The van der Waals surface area contributed by atoms with Crippen LogP contribution in [-0.2, 0) is 14.3 Å². The zero-order valence-electron chi connectivity index (χ0n) is 57.9. The second-order valence-electron chi connectivity index (χ2n) is 27.0. The number of unbranched alkanes of at least 4 members (excludes halogenated alkanes) is 59. The molecule has 1 amide bonds. The molecule has 0 saturated carbocycles. The number of ether oxygens (including phenoxy) is 1. The monoisotopic (exact) mass is 1200 g/mol. The molecule has 0 fully saturated rings. The maximum Gasteiger partial charge on any atom is 0.305 e. The van der Waals surface area contributed by atoms with E-state index in [0.29, 0.717) is 25.9 Å². The van der Waals surface area contributed by atoms with E-state index in [9.17, 15) is 19.8 Å². The minimum absolute atomic E-state index is 0.0106. The summed E-state index contributed by atoms with van der Waals surface area (Å²) >= 11 is 0. The van der Waals surface area contributed by atoms with E-state index in [4.69, 9.17) is 4.74 Å². The molecule has 2 atom stereocenters. The van der Waals surface area contributed by atoms with Gasteiger partial charge in [-0.3, -0.25) is 9.59 Å². The first-order valence-electron chi connectivity index (χ1n) is 39.1. The number of aliphatic hydroxyl groups is 2. The molecule has 3 N–H and O–H groups in total. The van der Waals surface area contributed by atoms with Crippen LogP contribution in [0.25, 0.3) is 0 Å². The van der Waals surface area contributed by atoms with Gasteiger partial charge in [-0.2, -0.15) is 0 Å². The van der Waals surface area contributed by atoms with Gasteiger partial charge >= 0.3 is 5.97 Å². The zero-order valence-corrected chi connectivity index (χ0v) is 57.9. The van der Waals surface area contributed by atoms with E-state index in [1.54, 1.807) is 0 Å². The fourth-order valence-corrected chi connectivity index (χ4v) is 12.6. The standard InChI is InChI=1S/C79H153NO5/c1-3-5-7-9-11-13-15-17-19-45-49-53-57-61-65-69-73-79(84)85-74-70-66-62-58-54-50-46-42-40-38-36-34-32-30-28-26-24-22-20-21-23-25-27-29-31-33-35-37-39-41-44-48-52-56-60-64-68-72-78(83)80-76(75-81)77(82)71-67-63-59-55-51-47-43-18-16-14-12-10-8-6-4-2/h13,15,19,45,76-77,81-82H,3-12,14,16-18,20-44,46-75H2,1-2H3,(H,80,83)/b15-13-,45-19-. The van der Waals surface area contributed by atoms with Crippen LogP contribution in [0.1, 0.15) is 444 Å². The smallest absolute Gasteiger partial charge is 0.305 e. The van der Waals surface area contributed by atoms with E-state index >= 15 is 0 Å². The molecule has 0 saturated heterocycles. The van der Waals surface area contributed by atoms with E-state index in [2.05, 4.69) is 43.5 Å². The molecule has 0 rings (SSSR count). The van der Waals surface area contributed by atoms with Crippen molar-refractivity contribution in [2.75, 3.05) is 13.2 Å². The Kier molecular flexibility index (Phi) is 73.3. The number of esters is 1. The number of hydrogen-bond acceptors (Lipinski definition) is 5. The van der Waals surface area contributed by atoms with Crippen molar-refractivity contribution in [3.63, 3.8) is 0 Å². The van der Waals surface area contributed by atoms with Crippen LogP contribution in [0.15, 0.2) is 24.3 Å². The van der Waals surface area contributed by atoms with Crippen LogP contribution in [0.3, 0.4) is 0 Å². The Bertz CT molecular complexity index is 1330. The lowest BCUT2D eigenvalue weighted by atomic mass is 10.0. The molecule has 0 aromatic heterocycles. The topological polar surface area (TPSA) is 95.9 Å². The van der Waals surface area contributed by atoms with E-state index in [1.807, 2.05) is 0 Å². The van der Waals surface area contributed by atoms with Gasteiger partial charge in [0.1, 0.15) is 0 Å². The number of amides is 1. The van der Waals surface area contributed by atoms with Crippen molar-refractivity contribution in [3.05, 3.63) is 24.3 Å². The third-order valence-electron chi connectivity index (χ3n) is 18.5. The number of nitrogens with one attached hydrogen (secondary N) is 1. The molecule has 6 nitrogen and oxygen atoms in total. The van der Waals surface area contributed by atoms with Gasteiger partial charge in [0.25, 0.3) is 0 Å². The third kappa shape index (κ3) is 71.3. The fraction of sp³-hybridized carbons (Fsp3) is 0.924. The summed E-state index contributed by atoms with van der Waals surface area (Å²) in [6, 6.07) is -0.536. The van der Waals surface area contributed by atoms with Gasteiger partial charge in [-0.15, -0.1) is 0 Å². The van der Waals surface area contributed by atoms with Gasteiger partial charge in [0.05, 0.1) is 25.4 Å². The highest BCUT2D eigenvalue weighted by molar-refractivity contribution is 5.76. The SMILES string of the molecule is CCCCCC/C=C\C/C=C\CCCCCCCC(=O)OCCCCCCCCCCCCCCCCCCCCCCCCCCCCCCCCCCCCCCCC(=O)NC(CO)C(O)CCCCCCCCCCCCCCCCC. The predicted octanol–water partition coefficient (Wildman–Crippen LogP) is 25.7. The van der Waals surface area contributed by atoms with Crippen LogP contribution >= 0.6 is 0 Å². The van der Waals surface area contributed by atoms with Gasteiger partial charge < -0.3 is 20.3 Å². The molecule has 0 aliphatic carbocycles. The summed E-state index contributed by atoms with van der Waals surface area (Å²) in [6.45, 7) is 4.97. The maximum absolute atomic E-state index is 12.5. The highest BCUT2D eigenvalue weighted by atomic mass is 16.5. The minimum atomic E-state index is -0.660. The van der Waals surface area contributed by atoms with E-state index < -0.39 is 12.1 Å². The van der Waals surface area contributed by atoms with Crippen LogP contribution in [0.4, 0.5) is 0 Å². The van der Waals surface area contributed by atoms with Gasteiger partial charge in [-0.1, -0.05) is 398 Å². The molecule has 85 heavy (non-hydrogen) atoms. The third-order valence-corrected chi connectivity index (χ3v) is 18.5. The van der Waals surface area contributed by atoms with Crippen LogP contribution in [0.5, 0.6) is 0 Å². The maximum atomic E-state index is 12.5. The lowest BCUT2D eigenvalue weighted by Gasteiger charge is -2.22. The number of hydrogen-bond donors (Lipinski definition) is 3. The summed E-state index contributed by atoms with van der Waals surface area (Å²) in [4.78, 5) is 24.6. The fourth-order valence-electron chi connectivity index (χ4n) is 12.6. The molecular weight excluding hydrogens is 1040 g/mol. The Morgan fingerprint density at radius 2 is 0.588 bits per heavy atom. The lowest BCUT2D eigenvalue weighted by Crippen LogP contribution is -2.45. The van der Waals surface area contributed by atoms with Gasteiger partial charge in [0.15, 0.2) is 0 Å². The summed E-state index contributed by atoms with van der Waals surface area (Å²) in [5.41, 5.74) is 0. The first-order valence-corrected chi connectivity index (χ1v) is 39.1. The molecule has 2 unspecified atom stereocenters. The second kappa shape index (κ2) is 74.8. The Labute approximate surface area is 532 Å². The molecule has 0 aliphatic rings. The summed E-state index contributed by atoms with van der Waals surface area (Å²) in [7, 11) is 0. The van der Waals surface area contributed by atoms with Crippen molar-refractivity contribution in [1.82, 2.24) is 5.32 Å². The second-order valence-corrected chi connectivity index (χ2v) is 27.0. The number of carbonyl (C=O) groups excluding carboxylic acids is 2. The summed E-state index contributed by atoms with van der Waals surface area (Å²) in [6.07, 6.45) is 95.6. The summed E-state index contributed by atoms with van der Waals surface area (Å²) in [5, 5.41) is 23.4. The quantitative estimate of drug-likeness (QED) is 0.0320. The Morgan fingerprint density at radius 1 is 0.329 bits per heavy atom. The number of aliphatic hydroxyl groups excluding tert-OH is 2. The average molecular weight is 1200 g/mol. The van der Waals surface area contributed by atoms with Gasteiger partial charge in [0, 0.05) is 12.8 Å². The van der Waals surface area contributed by atoms with Gasteiger partial charge in [0.2, 0.25) is 5.91 Å². The van der Waals surface area contributed by atoms with Gasteiger partial charge in [-0.25, -0.2) is 0 Å². The molecule has 6 heteroatoms. The zero-order chi connectivity index (χ0) is 61.3. The van der Waals surface area contributed by atoms with Gasteiger partial charge in [-0.05, 0) is 57.8 Å². The molecule has 0 radical (unpaired) electrons. The molecule has 0 spiro atoms. The van der Waals surface area contributed by atoms with Crippen molar-refractivity contribution in [1.29, 1.82) is 0 Å². The Morgan fingerprint density at radius 3 is 0.906 bits per heavy atom. The van der Waals surface area contributed by atoms with Crippen LogP contribution in [0, 0.1) is 0 Å². The van der Waals surface area contributed by atoms with Crippen molar-refractivity contribution < 1.29 is 24.5 Å². The largest absolute Gasteiger partial charge is 0.466 e. The van der Waals surface area contributed by atoms with E-state index in [0.717, 1.165) is 51.4 Å². The highest BCUT2D eigenvalue weighted by Crippen LogP contribution is 2.20. The molecule has 0 bridgehead atoms. The number of allylic oxidation sites excluding steroid dienone is 4. The molecule has 0 aliphatic heterocycles. The van der Waals surface area contributed by atoms with Crippen LogP contribution < -0.4 is 5.32 Å². The summed E-state index contributed by atoms with van der Waals surface area (Å²) in [5.74, 6) is -0.0151. The first kappa shape index (κ1) is 83.3. The Hall–Kier alpha value is -1.66. The van der Waals surface area contributed by atoms with Crippen molar-refractivity contribution in [2.45, 2.75) is 456 Å². The Balaban J connectivity index is 3.29. The molecule has 0 aromatic carbocycles. The molecule has 0 heterocycles. The van der Waals surface area contributed by atoms with Crippen molar-refractivity contribution >= 4 is 11.9 Å². The van der Waals surface area contributed by atoms with E-state index in [1.165, 1.54) is 360 Å². The van der Waals surface area contributed by atoms with Crippen LogP contribution in [0.2, 0.25) is 0 Å². The molecule has 504 valence electrons. The lowest BCUT2D eigenvalue weighted by molar-refractivity contribution is -0.143. The first-order chi connectivity index (χ1) is 42.0. The molecule has 0 aromatic rings.